The van der Waals surface area contributed by atoms with Gasteiger partial charge in [-0.2, -0.15) is 12.1 Å². The number of pyridine rings is 1. The number of benzene rings is 1. The van der Waals surface area contributed by atoms with Crippen LogP contribution in [0.1, 0.15) is 5.56 Å². The Morgan fingerprint density at radius 1 is 1.29 bits per heavy atom. The molecule has 1 aromatic carbocycles. The molecule has 0 amide bonds. The summed E-state index contributed by atoms with van der Waals surface area (Å²) in [5, 5.41) is 9.33. The number of rotatable bonds is 1. The van der Waals surface area contributed by atoms with Crippen LogP contribution in [-0.4, -0.2) is 9.67 Å². The van der Waals surface area contributed by atoms with Crippen molar-refractivity contribution >= 4 is 0 Å². The van der Waals surface area contributed by atoms with Crippen LogP contribution in [0.5, 0.6) is 5.75 Å². The molecule has 0 aliphatic heterocycles. The van der Waals surface area contributed by atoms with Gasteiger partial charge in [-0.15, -0.1) is 6.07 Å². The summed E-state index contributed by atoms with van der Waals surface area (Å²) in [6.45, 7) is 1.89. The summed E-state index contributed by atoms with van der Waals surface area (Å²) in [5.74, 6) is 0.224. The third kappa shape index (κ3) is 2.85. The van der Waals surface area contributed by atoms with Gasteiger partial charge in [0.1, 0.15) is 5.75 Å². The topological polar surface area (TPSA) is 42.2 Å². The van der Waals surface area contributed by atoms with Crippen LogP contribution in [0.25, 0.3) is 11.3 Å². The second-order valence-electron chi connectivity index (χ2n) is 3.72. The Hall–Kier alpha value is -0.926. The second kappa shape index (κ2) is 5.61. The molecule has 85 valence electrons. The zero-order valence-corrected chi connectivity index (χ0v) is 12.6. The quantitative estimate of drug-likeness (QED) is 0.817. The van der Waals surface area contributed by atoms with Gasteiger partial charge in [0.25, 0.3) is 0 Å². The predicted octanol–water partition coefficient (Wildman–Crippen LogP) is 1.86. The second-order valence-corrected chi connectivity index (χ2v) is 3.72. The van der Waals surface area contributed by atoms with Crippen molar-refractivity contribution in [3.63, 3.8) is 0 Å². The molecule has 1 N–H and O–H groups in total. The smallest absolute Gasteiger partial charge is 0.194 e. The summed E-state index contributed by atoms with van der Waals surface area (Å²) in [4.78, 5) is 11.5. The number of phenols is 1. The van der Waals surface area contributed by atoms with Gasteiger partial charge < -0.3 is 9.67 Å². The summed E-state index contributed by atoms with van der Waals surface area (Å²) >= 11 is 0. The number of aromatic nitrogens is 1. The van der Waals surface area contributed by atoms with E-state index in [1.165, 1.54) is 6.07 Å². The van der Waals surface area contributed by atoms with Crippen molar-refractivity contribution in [2.75, 3.05) is 0 Å². The maximum Gasteiger partial charge on any atom is 0.194 e. The third-order valence-corrected chi connectivity index (χ3v) is 2.58. The van der Waals surface area contributed by atoms with Crippen molar-refractivity contribution in [3.05, 3.63) is 52.3 Å². The molecule has 0 aliphatic rings. The largest absolute Gasteiger partial charge is 0.508 e. The van der Waals surface area contributed by atoms with E-state index < -0.39 is 0 Å². The van der Waals surface area contributed by atoms with E-state index in [-0.39, 0.29) is 44.0 Å². The molecule has 1 radical (unpaired) electrons. The van der Waals surface area contributed by atoms with Gasteiger partial charge in [0.15, 0.2) is 5.56 Å². The van der Waals surface area contributed by atoms with Crippen LogP contribution in [0.3, 0.4) is 0 Å². The van der Waals surface area contributed by atoms with E-state index in [1.54, 1.807) is 35.9 Å². The molecular weight excluding hydrogens is 291 g/mol. The minimum atomic E-state index is -0.0683. The van der Waals surface area contributed by atoms with E-state index in [2.05, 4.69) is 6.07 Å². The fourth-order valence-corrected chi connectivity index (χ4v) is 1.68. The molecule has 1 heterocycles. The molecule has 0 atom stereocenters. The molecule has 0 fully saturated rings. The molecule has 0 saturated carbocycles. The fourth-order valence-electron chi connectivity index (χ4n) is 1.68. The minimum Gasteiger partial charge on any atom is -0.508 e. The first-order chi connectivity index (χ1) is 7.59. The van der Waals surface area contributed by atoms with Crippen LogP contribution >= 0.6 is 0 Å². The third-order valence-electron chi connectivity index (χ3n) is 2.58. The van der Waals surface area contributed by atoms with Gasteiger partial charge in [0.2, 0.25) is 0 Å². The van der Waals surface area contributed by atoms with Crippen LogP contribution in [0, 0.1) is 13.0 Å². The van der Waals surface area contributed by atoms with Gasteiger partial charge in [0.05, 0.1) is 0 Å². The Labute approximate surface area is 125 Å². The SMILES string of the molecule is Cc1cc(O)ccc1-c1[c-]ccc(=O)n1C.[Y]. The summed E-state index contributed by atoms with van der Waals surface area (Å²) in [7, 11) is 1.71. The van der Waals surface area contributed by atoms with E-state index in [0.717, 1.165) is 16.8 Å². The first-order valence-corrected chi connectivity index (χ1v) is 4.97. The van der Waals surface area contributed by atoms with Crippen LogP contribution in [0.4, 0.5) is 0 Å². The molecule has 0 spiro atoms. The normalized spacial score (nSPS) is 9.76. The Balaban J connectivity index is 0.00000144. The maximum atomic E-state index is 11.5. The van der Waals surface area contributed by atoms with E-state index in [9.17, 15) is 9.90 Å². The van der Waals surface area contributed by atoms with Crippen LogP contribution in [0.15, 0.2) is 35.1 Å². The van der Waals surface area contributed by atoms with Crippen LogP contribution in [0.2, 0.25) is 0 Å². The molecule has 2 aromatic rings. The summed E-state index contributed by atoms with van der Waals surface area (Å²) < 4.78 is 1.54. The van der Waals surface area contributed by atoms with E-state index in [1.807, 2.05) is 6.92 Å². The average molecular weight is 303 g/mol. The van der Waals surface area contributed by atoms with Gasteiger partial charge in [-0.3, -0.25) is 4.79 Å². The summed E-state index contributed by atoms with van der Waals surface area (Å²) in [6, 6.07) is 11.2. The Kier molecular flexibility index (Phi) is 4.66. The zero-order chi connectivity index (χ0) is 11.7. The Morgan fingerprint density at radius 3 is 2.65 bits per heavy atom. The molecule has 0 unspecified atom stereocenters. The average Bonchev–Trinajstić information content (AvgIpc) is 2.23. The Morgan fingerprint density at radius 2 is 2.00 bits per heavy atom. The molecule has 0 bridgehead atoms. The first kappa shape index (κ1) is 14.1. The fraction of sp³-hybridized carbons (Fsp3) is 0.154. The molecule has 2 rings (SSSR count). The van der Waals surface area contributed by atoms with Crippen molar-refractivity contribution in [2.45, 2.75) is 6.92 Å². The predicted molar refractivity (Wildman–Crippen MR) is 62.4 cm³/mol. The van der Waals surface area contributed by atoms with Gasteiger partial charge in [-0.05, 0) is 12.1 Å². The molecule has 1 aromatic heterocycles. The maximum absolute atomic E-state index is 11.5. The number of nitrogens with zero attached hydrogens (tertiary/aromatic N) is 1. The monoisotopic (exact) mass is 303 g/mol. The van der Waals surface area contributed by atoms with Crippen molar-refractivity contribution in [1.82, 2.24) is 4.57 Å². The summed E-state index contributed by atoms with van der Waals surface area (Å²) in [5.41, 5.74) is 2.47. The number of aromatic hydroxyl groups is 1. The van der Waals surface area contributed by atoms with Gasteiger partial charge in [-0.25, -0.2) is 0 Å². The van der Waals surface area contributed by atoms with Crippen molar-refractivity contribution in [3.8, 4) is 17.0 Å². The van der Waals surface area contributed by atoms with Crippen LogP contribution < -0.4 is 5.56 Å². The Bertz CT molecular complexity index is 590. The van der Waals surface area contributed by atoms with Crippen molar-refractivity contribution in [2.24, 2.45) is 7.05 Å². The number of hydrogen-bond acceptors (Lipinski definition) is 2. The van der Waals surface area contributed by atoms with Crippen molar-refractivity contribution < 1.29 is 37.8 Å². The van der Waals surface area contributed by atoms with E-state index in [4.69, 9.17) is 0 Å². The van der Waals surface area contributed by atoms with Gasteiger partial charge in [-0.1, -0.05) is 29.8 Å². The molecule has 0 saturated heterocycles. The van der Waals surface area contributed by atoms with E-state index >= 15 is 0 Å². The standard InChI is InChI=1S/C13H12NO2.Y/c1-9-8-10(15)6-7-11(9)12-4-3-5-13(16)14(12)2;/h3,5-8,15H,1-2H3;/q-1;. The number of aryl methyl sites for hydroxylation is 1. The number of phenolic OH excluding ortho intramolecular Hbond substituents is 1. The van der Waals surface area contributed by atoms with Gasteiger partial charge in [0, 0.05) is 39.8 Å². The summed E-state index contributed by atoms with van der Waals surface area (Å²) in [6.07, 6.45) is 0. The zero-order valence-electron chi connectivity index (χ0n) is 9.77. The van der Waals surface area contributed by atoms with Crippen molar-refractivity contribution in [1.29, 1.82) is 0 Å². The number of hydrogen-bond donors (Lipinski definition) is 1. The first-order valence-electron chi connectivity index (χ1n) is 4.97. The minimum absolute atomic E-state index is 0. The van der Waals surface area contributed by atoms with E-state index in [0.29, 0.717) is 0 Å². The molecule has 3 nitrogen and oxygen atoms in total. The molecular formula is C13H12NO2Y-. The van der Waals surface area contributed by atoms with Crippen LogP contribution in [-0.2, 0) is 39.8 Å². The molecule has 4 heteroatoms. The van der Waals surface area contributed by atoms with Gasteiger partial charge >= 0.3 is 0 Å². The molecule has 0 aliphatic carbocycles. The molecule has 17 heavy (non-hydrogen) atoms.